The number of aromatic nitrogens is 2. The lowest BCUT2D eigenvalue weighted by Gasteiger charge is -2.58. The summed E-state index contributed by atoms with van der Waals surface area (Å²) in [4.78, 5) is 21.6. The minimum absolute atomic E-state index is 0.135. The van der Waals surface area contributed by atoms with Gasteiger partial charge in [-0.25, -0.2) is 4.98 Å². The summed E-state index contributed by atoms with van der Waals surface area (Å²) in [7, 11) is 0. The number of amides is 1. The smallest absolute Gasteiger partial charge is 0.258 e. The largest absolute Gasteiger partial charge is 0.474 e. The first-order valence-electron chi connectivity index (χ1n) is 10.0. The van der Waals surface area contributed by atoms with Crippen LogP contribution < -0.4 is 10.1 Å². The Morgan fingerprint density at radius 2 is 2.00 bits per heavy atom. The second-order valence-electron chi connectivity index (χ2n) is 9.00. The van der Waals surface area contributed by atoms with Crippen molar-refractivity contribution in [2.45, 2.75) is 76.0 Å². The Hall–Kier alpha value is -1.69. The Bertz CT molecular complexity index is 717. The summed E-state index contributed by atoms with van der Waals surface area (Å²) in [5, 5.41) is 14.0. The number of hydrogen-bond donors (Lipinski definition) is 2. The van der Waals surface area contributed by atoms with Crippen LogP contribution in [0.25, 0.3) is 0 Å². The minimum Gasteiger partial charge on any atom is -0.474 e. The molecule has 1 heterocycles. The molecule has 0 aromatic carbocycles. The fourth-order valence-corrected chi connectivity index (χ4v) is 5.79. The minimum atomic E-state index is -0.483. The van der Waals surface area contributed by atoms with Crippen LogP contribution in [0.2, 0.25) is 0 Å². The van der Waals surface area contributed by atoms with Crippen molar-refractivity contribution >= 4 is 5.91 Å². The number of rotatable bonds is 4. The van der Waals surface area contributed by atoms with E-state index in [1.165, 1.54) is 6.42 Å². The molecule has 1 amide bonds. The van der Waals surface area contributed by atoms with Crippen LogP contribution in [0.4, 0.5) is 0 Å². The molecule has 0 aliphatic heterocycles. The Kier molecular flexibility index (Phi) is 3.75. The monoisotopic (exact) mass is 357 g/mol. The fourth-order valence-electron chi connectivity index (χ4n) is 5.79. The highest BCUT2D eigenvalue weighted by Gasteiger charge is 2.55. The van der Waals surface area contributed by atoms with Gasteiger partial charge in [0, 0.05) is 12.2 Å². The molecular formula is C20H27N3O3. The number of carbonyl (C=O) groups is 1. The SMILES string of the molecule is Cc1ncc(C(=O)N[C@H]2C3CC4CC2C[C@@](O)(C4)C3)c(OC2CCC2)n1. The second-order valence-corrected chi connectivity index (χ2v) is 9.00. The zero-order valence-electron chi connectivity index (χ0n) is 15.3. The van der Waals surface area contributed by atoms with E-state index in [0.29, 0.717) is 35.0 Å². The lowest BCUT2D eigenvalue weighted by molar-refractivity contribution is -0.136. The van der Waals surface area contributed by atoms with E-state index in [1.807, 2.05) is 6.92 Å². The molecule has 4 bridgehead atoms. The molecule has 0 radical (unpaired) electrons. The molecule has 26 heavy (non-hydrogen) atoms. The third-order valence-corrected chi connectivity index (χ3v) is 6.99. The lowest BCUT2D eigenvalue weighted by Crippen LogP contribution is -2.61. The second kappa shape index (κ2) is 5.91. The molecule has 5 aliphatic carbocycles. The van der Waals surface area contributed by atoms with Crippen molar-refractivity contribution in [3.8, 4) is 5.88 Å². The highest BCUT2D eigenvalue weighted by atomic mass is 16.5. The molecule has 5 saturated carbocycles. The standard InChI is InChI=1S/C20H27N3O3/c1-11-21-10-16(19(22-11)26-15-3-2-4-15)18(24)23-17-13-5-12-6-14(17)9-20(25,7-12)8-13/h10,12-15,17,25H,2-9H2,1H3,(H,23,24)/t12?,13?,14?,17-,20+. The van der Waals surface area contributed by atoms with Crippen molar-refractivity contribution in [2.75, 3.05) is 0 Å². The van der Waals surface area contributed by atoms with Crippen LogP contribution >= 0.6 is 0 Å². The number of aliphatic hydroxyl groups is 1. The van der Waals surface area contributed by atoms with Crippen LogP contribution in [0.15, 0.2) is 6.20 Å². The van der Waals surface area contributed by atoms with Crippen molar-refractivity contribution in [1.29, 1.82) is 0 Å². The van der Waals surface area contributed by atoms with Gasteiger partial charge in [-0.05, 0) is 76.0 Å². The van der Waals surface area contributed by atoms with Gasteiger partial charge >= 0.3 is 0 Å². The predicted octanol–water partition coefficient (Wildman–Crippen LogP) is 2.39. The number of hydrogen-bond acceptors (Lipinski definition) is 5. The summed E-state index contributed by atoms with van der Waals surface area (Å²) < 4.78 is 5.95. The predicted molar refractivity (Wildman–Crippen MR) is 94.8 cm³/mol. The number of ether oxygens (including phenoxy) is 1. The molecule has 1 aromatic rings. The highest BCUT2D eigenvalue weighted by Crippen LogP contribution is 2.55. The quantitative estimate of drug-likeness (QED) is 0.864. The third-order valence-electron chi connectivity index (χ3n) is 6.99. The molecule has 2 unspecified atom stereocenters. The van der Waals surface area contributed by atoms with Crippen molar-refractivity contribution < 1.29 is 14.6 Å². The van der Waals surface area contributed by atoms with Gasteiger partial charge in [-0.1, -0.05) is 0 Å². The van der Waals surface area contributed by atoms with Crippen molar-refractivity contribution in [3.63, 3.8) is 0 Å². The van der Waals surface area contributed by atoms with Crippen molar-refractivity contribution in [1.82, 2.24) is 15.3 Å². The Balaban J connectivity index is 1.34. The average molecular weight is 357 g/mol. The van der Waals surface area contributed by atoms with E-state index in [9.17, 15) is 9.90 Å². The van der Waals surface area contributed by atoms with Gasteiger partial charge in [0.15, 0.2) is 0 Å². The number of nitrogens with one attached hydrogen (secondary N) is 1. The first-order valence-corrected chi connectivity index (χ1v) is 10.0. The van der Waals surface area contributed by atoms with Gasteiger partial charge in [-0.2, -0.15) is 4.98 Å². The van der Waals surface area contributed by atoms with Gasteiger partial charge in [0.1, 0.15) is 17.5 Å². The molecule has 1 aromatic heterocycles. The normalized spacial score (nSPS) is 38.1. The maximum atomic E-state index is 13.0. The molecule has 6 rings (SSSR count). The first kappa shape index (κ1) is 16.5. The van der Waals surface area contributed by atoms with Gasteiger partial charge in [0.25, 0.3) is 5.91 Å². The molecule has 5 fully saturated rings. The lowest BCUT2D eigenvalue weighted by atomic mass is 9.52. The molecule has 0 saturated heterocycles. The van der Waals surface area contributed by atoms with E-state index in [0.717, 1.165) is 44.9 Å². The van der Waals surface area contributed by atoms with Gasteiger partial charge in [0.2, 0.25) is 5.88 Å². The molecule has 2 atom stereocenters. The summed E-state index contributed by atoms with van der Waals surface area (Å²) in [5.41, 5.74) is -0.0431. The van der Waals surface area contributed by atoms with Crippen LogP contribution in [-0.2, 0) is 0 Å². The fraction of sp³-hybridized carbons (Fsp3) is 0.750. The molecule has 5 aliphatic rings. The van der Waals surface area contributed by atoms with Crippen molar-refractivity contribution in [2.24, 2.45) is 17.8 Å². The van der Waals surface area contributed by atoms with E-state index < -0.39 is 5.60 Å². The molecule has 140 valence electrons. The Morgan fingerprint density at radius 3 is 2.62 bits per heavy atom. The Morgan fingerprint density at radius 1 is 1.27 bits per heavy atom. The molecule has 0 spiro atoms. The zero-order chi connectivity index (χ0) is 17.9. The maximum absolute atomic E-state index is 13.0. The van der Waals surface area contributed by atoms with E-state index in [1.54, 1.807) is 6.20 Å². The topological polar surface area (TPSA) is 84.3 Å². The van der Waals surface area contributed by atoms with Crippen molar-refractivity contribution in [3.05, 3.63) is 17.6 Å². The van der Waals surface area contributed by atoms with Gasteiger partial charge in [-0.15, -0.1) is 0 Å². The van der Waals surface area contributed by atoms with Crippen LogP contribution in [0.5, 0.6) is 5.88 Å². The highest BCUT2D eigenvalue weighted by molar-refractivity contribution is 5.96. The first-order chi connectivity index (χ1) is 12.5. The van der Waals surface area contributed by atoms with E-state index in [2.05, 4.69) is 15.3 Å². The van der Waals surface area contributed by atoms with Crippen LogP contribution in [0, 0.1) is 24.7 Å². The summed E-state index contributed by atoms with van der Waals surface area (Å²) in [6, 6.07) is 0.150. The van der Waals surface area contributed by atoms with Gasteiger partial charge in [0.05, 0.1) is 5.60 Å². The summed E-state index contributed by atoms with van der Waals surface area (Å²) in [6.07, 6.45) is 9.83. The van der Waals surface area contributed by atoms with E-state index >= 15 is 0 Å². The maximum Gasteiger partial charge on any atom is 0.258 e. The average Bonchev–Trinajstić information content (AvgIpc) is 2.53. The third kappa shape index (κ3) is 2.79. The molecule has 6 heteroatoms. The Labute approximate surface area is 153 Å². The summed E-state index contributed by atoms with van der Waals surface area (Å²) in [6.45, 7) is 1.81. The molecule has 6 nitrogen and oxygen atoms in total. The van der Waals surface area contributed by atoms with E-state index in [-0.39, 0.29) is 18.1 Å². The summed E-state index contributed by atoms with van der Waals surface area (Å²) in [5.74, 6) is 2.31. The zero-order valence-corrected chi connectivity index (χ0v) is 15.3. The molecule has 2 N–H and O–H groups in total. The summed E-state index contributed by atoms with van der Waals surface area (Å²) >= 11 is 0. The van der Waals surface area contributed by atoms with Gasteiger partial charge in [-0.3, -0.25) is 4.79 Å². The van der Waals surface area contributed by atoms with Crippen LogP contribution in [0.3, 0.4) is 0 Å². The van der Waals surface area contributed by atoms with Crippen LogP contribution in [-0.4, -0.2) is 38.7 Å². The van der Waals surface area contributed by atoms with Crippen LogP contribution in [0.1, 0.15) is 67.5 Å². The number of nitrogens with zero attached hydrogens (tertiary/aromatic N) is 2. The number of aryl methyl sites for hydroxylation is 1. The molecular weight excluding hydrogens is 330 g/mol. The number of carbonyl (C=O) groups excluding carboxylic acids is 1. The van der Waals surface area contributed by atoms with Gasteiger partial charge < -0.3 is 15.2 Å². The van der Waals surface area contributed by atoms with E-state index in [4.69, 9.17) is 4.74 Å².